The molecule has 0 aliphatic heterocycles. The number of nitrogens with zero attached hydrogens (tertiary/aromatic N) is 3. The summed E-state index contributed by atoms with van der Waals surface area (Å²) in [5, 5.41) is 22.2. The Morgan fingerprint density at radius 3 is 2.45 bits per heavy atom. The molecule has 3 N–H and O–H groups in total. The van der Waals surface area contributed by atoms with Crippen molar-refractivity contribution in [1.29, 1.82) is 5.26 Å². The molecule has 0 unspecified atom stereocenters. The van der Waals surface area contributed by atoms with Gasteiger partial charge < -0.3 is 10.1 Å². The quantitative estimate of drug-likeness (QED) is 0.532. The van der Waals surface area contributed by atoms with Crippen molar-refractivity contribution < 1.29 is 35.5 Å². The van der Waals surface area contributed by atoms with Gasteiger partial charge in [0.1, 0.15) is 5.56 Å². The molecule has 170 valence electrons. The standard InChI is InChI=1S/C19H11F4N5O4S/c20-14-6-10(9-24)4-5-15(14)32-18-13(8-16(27-28-18)19(21,22)23)17(29)26-11-2-1-3-12(7-11)33(25,30)31/h1-8H,(H,26,29)(H2,25,30,31). The molecule has 9 nitrogen and oxygen atoms in total. The summed E-state index contributed by atoms with van der Waals surface area (Å²) in [6, 6.07) is 9.65. The number of nitrogens with two attached hydrogens (primary N) is 1. The second kappa shape index (κ2) is 8.81. The van der Waals surface area contributed by atoms with Gasteiger partial charge in [0.25, 0.3) is 11.8 Å². The third-order valence-corrected chi connectivity index (χ3v) is 4.89. The zero-order valence-electron chi connectivity index (χ0n) is 16.1. The first-order chi connectivity index (χ1) is 15.4. The van der Waals surface area contributed by atoms with E-state index in [1.54, 1.807) is 6.07 Å². The van der Waals surface area contributed by atoms with Gasteiger partial charge in [-0.1, -0.05) is 6.07 Å². The van der Waals surface area contributed by atoms with E-state index in [0.717, 1.165) is 24.3 Å². The summed E-state index contributed by atoms with van der Waals surface area (Å²) in [6.07, 6.45) is -4.96. The lowest BCUT2D eigenvalue weighted by Gasteiger charge is -2.13. The Morgan fingerprint density at radius 1 is 1.12 bits per heavy atom. The first-order valence-electron chi connectivity index (χ1n) is 8.65. The van der Waals surface area contributed by atoms with Crippen molar-refractivity contribution in [1.82, 2.24) is 10.2 Å². The topological polar surface area (TPSA) is 148 Å². The minimum absolute atomic E-state index is 0.0499. The third kappa shape index (κ3) is 5.59. The van der Waals surface area contributed by atoms with Crippen LogP contribution in [-0.4, -0.2) is 24.5 Å². The van der Waals surface area contributed by atoms with Crippen LogP contribution in [0.5, 0.6) is 11.6 Å². The number of carbonyl (C=O) groups is 1. The van der Waals surface area contributed by atoms with Gasteiger partial charge in [-0.05, 0) is 42.5 Å². The van der Waals surface area contributed by atoms with E-state index in [4.69, 9.17) is 15.1 Å². The molecule has 0 saturated carbocycles. The molecule has 0 radical (unpaired) electrons. The van der Waals surface area contributed by atoms with Crippen LogP contribution in [0.3, 0.4) is 0 Å². The van der Waals surface area contributed by atoms with E-state index < -0.39 is 50.8 Å². The predicted molar refractivity (Wildman–Crippen MR) is 104 cm³/mol. The van der Waals surface area contributed by atoms with Gasteiger partial charge in [0.05, 0.1) is 16.5 Å². The number of alkyl halides is 3. The highest BCUT2D eigenvalue weighted by Gasteiger charge is 2.35. The van der Waals surface area contributed by atoms with E-state index in [0.29, 0.717) is 6.07 Å². The van der Waals surface area contributed by atoms with E-state index in [1.165, 1.54) is 18.2 Å². The van der Waals surface area contributed by atoms with Gasteiger partial charge in [-0.2, -0.15) is 18.4 Å². The zero-order chi connectivity index (χ0) is 24.4. The molecule has 1 aromatic heterocycles. The van der Waals surface area contributed by atoms with Gasteiger partial charge in [-0.15, -0.1) is 10.2 Å². The maximum Gasteiger partial charge on any atom is 0.435 e. The summed E-state index contributed by atoms with van der Waals surface area (Å²) in [5.74, 6) is -3.53. The summed E-state index contributed by atoms with van der Waals surface area (Å²) in [7, 11) is -4.12. The smallest absolute Gasteiger partial charge is 0.434 e. The molecule has 2 aromatic carbocycles. The SMILES string of the molecule is N#Cc1ccc(Oc2nnc(C(F)(F)F)cc2C(=O)Nc2cccc(S(N)(=O)=O)c2)c(F)c1. The second-order valence-electron chi connectivity index (χ2n) is 6.33. The summed E-state index contributed by atoms with van der Waals surface area (Å²) >= 11 is 0. The van der Waals surface area contributed by atoms with E-state index in [-0.39, 0.29) is 16.1 Å². The number of sulfonamides is 1. The Balaban J connectivity index is 2.01. The predicted octanol–water partition coefficient (Wildman–Crippen LogP) is 3.20. The number of ether oxygens (including phenoxy) is 1. The molecule has 1 amide bonds. The van der Waals surface area contributed by atoms with Gasteiger partial charge in [0, 0.05) is 5.69 Å². The zero-order valence-corrected chi connectivity index (χ0v) is 16.9. The molecule has 3 rings (SSSR count). The normalized spacial score (nSPS) is 11.5. The molecule has 0 spiro atoms. The number of carbonyl (C=O) groups excluding carboxylic acids is 1. The molecule has 0 aliphatic carbocycles. The first-order valence-corrected chi connectivity index (χ1v) is 10.2. The Kier molecular flexibility index (Phi) is 6.29. The van der Waals surface area contributed by atoms with E-state index in [1.807, 2.05) is 0 Å². The molecule has 0 fully saturated rings. The van der Waals surface area contributed by atoms with Crippen LogP contribution in [0.4, 0.5) is 23.2 Å². The second-order valence-corrected chi connectivity index (χ2v) is 7.89. The molecule has 0 bridgehead atoms. The molecule has 3 aromatic rings. The summed E-state index contributed by atoms with van der Waals surface area (Å²) < 4.78 is 81.6. The maximum absolute atomic E-state index is 14.2. The molecule has 0 atom stereocenters. The highest BCUT2D eigenvalue weighted by molar-refractivity contribution is 7.89. The van der Waals surface area contributed by atoms with Crippen LogP contribution in [0.25, 0.3) is 0 Å². The molecule has 0 saturated heterocycles. The Morgan fingerprint density at radius 2 is 1.85 bits per heavy atom. The Bertz CT molecular complexity index is 1390. The highest BCUT2D eigenvalue weighted by atomic mass is 32.2. The number of hydrogen-bond acceptors (Lipinski definition) is 7. The van der Waals surface area contributed by atoms with Crippen LogP contribution >= 0.6 is 0 Å². The number of primary sulfonamides is 1. The molecular weight excluding hydrogens is 470 g/mol. The number of benzene rings is 2. The minimum Gasteiger partial charge on any atom is -0.434 e. The van der Waals surface area contributed by atoms with Crippen LogP contribution in [0, 0.1) is 17.1 Å². The van der Waals surface area contributed by atoms with Crippen molar-refractivity contribution >= 4 is 21.6 Å². The number of rotatable bonds is 5. The van der Waals surface area contributed by atoms with E-state index in [2.05, 4.69) is 15.5 Å². The lowest BCUT2D eigenvalue weighted by atomic mass is 10.2. The number of halogens is 4. The fourth-order valence-electron chi connectivity index (χ4n) is 2.46. The number of amides is 1. The van der Waals surface area contributed by atoms with Gasteiger partial charge in [-0.25, -0.2) is 17.9 Å². The van der Waals surface area contributed by atoms with Crippen molar-refractivity contribution in [3.63, 3.8) is 0 Å². The molecule has 0 aliphatic rings. The van der Waals surface area contributed by atoms with Crippen molar-refractivity contribution in [2.24, 2.45) is 5.14 Å². The average Bonchev–Trinajstić information content (AvgIpc) is 2.74. The summed E-state index contributed by atoms with van der Waals surface area (Å²) in [4.78, 5) is 12.3. The number of nitrogens with one attached hydrogen (secondary N) is 1. The summed E-state index contributed by atoms with van der Waals surface area (Å²) in [6.45, 7) is 0. The molecule has 1 heterocycles. The largest absolute Gasteiger partial charge is 0.435 e. The lowest BCUT2D eigenvalue weighted by molar-refractivity contribution is -0.141. The maximum atomic E-state index is 14.2. The average molecular weight is 481 g/mol. The van der Waals surface area contributed by atoms with Gasteiger partial charge in [0.15, 0.2) is 17.3 Å². The van der Waals surface area contributed by atoms with Crippen LogP contribution in [0.1, 0.15) is 21.6 Å². The molecule has 14 heteroatoms. The first kappa shape index (κ1) is 23.6. The monoisotopic (exact) mass is 481 g/mol. The van der Waals surface area contributed by atoms with Crippen molar-refractivity contribution in [2.45, 2.75) is 11.1 Å². The molecular formula is C19H11F4N5O4S. The van der Waals surface area contributed by atoms with E-state index in [9.17, 15) is 30.8 Å². The van der Waals surface area contributed by atoms with E-state index >= 15 is 0 Å². The fourth-order valence-corrected chi connectivity index (χ4v) is 3.02. The fraction of sp³-hybridized carbons (Fsp3) is 0.0526. The Hall–Kier alpha value is -4.09. The third-order valence-electron chi connectivity index (χ3n) is 3.98. The van der Waals surface area contributed by atoms with Crippen molar-refractivity contribution in [3.05, 3.63) is 71.2 Å². The number of nitriles is 1. The number of hydrogen-bond donors (Lipinski definition) is 2. The van der Waals surface area contributed by atoms with Gasteiger partial charge >= 0.3 is 6.18 Å². The highest BCUT2D eigenvalue weighted by Crippen LogP contribution is 2.32. The number of anilines is 1. The van der Waals surface area contributed by atoms with Crippen LogP contribution < -0.4 is 15.2 Å². The van der Waals surface area contributed by atoms with Gasteiger partial charge in [0.2, 0.25) is 10.0 Å². The molecule has 33 heavy (non-hydrogen) atoms. The van der Waals surface area contributed by atoms with Crippen LogP contribution in [0.15, 0.2) is 53.4 Å². The summed E-state index contributed by atoms with van der Waals surface area (Å²) in [5.41, 5.74) is -2.47. The van der Waals surface area contributed by atoms with Gasteiger partial charge in [-0.3, -0.25) is 4.79 Å². The van der Waals surface area contributed by atoms with Crippen LogP contribution in [-0.2, 0) is 16.2 Å². The van der Waals surface area contributed by atoms with Crippen molar-refractivity contribution in [2.75, 3.05) is 5.32 Å². The lowest BCUT2D eigenvalue weighted by Crippen LogP contribution is -2.18. The van der Waals surface area contributed by atoms with Crippen LogP contribution in [0.2, 0.25) is 0 Å². The Labute approximate surface area is 183 Å². The van der Waals surface area contributed by atoms with Crippen molar-refractivity contribution in [3.8, 4) is 17.7 Å². The minimum atomic E-state index is -4.96. The number of aromatic nitrogens is 2.